The molecular formula is C25H25ClN6O4S. The fraction of sp³-hybridized carbons (Fsp3) is 0.320. The first kappa shape index (κ1) is 24.0. The van der Waals surface area contributed by atoms with Gasteiger partial charge < -0.3 is 20.7 Å². The molecule has 0 radical (unpaired) electrons. The molecule has 4 N–H and O–H groups in total. The van der Waals surface area contributed by atoms with E-state index in [2.05, 4.69) is 30.6 Å². The molecule has 1 aromatic heterocycles. The van der Waals surface area contributed by atoms with Gasteiger partial charge in [0.25, 0.3) is 0 Å². The number of alkyl carbamates (subject to hydrolysis) is 1. The standard InChI is InChI=1S/C25H25ClN6O4S/c26-20-13-27-24(30-17-6-3-15-11-21-22(19(15)12-17)31-25(33)36-21)32-23(20)29-16-4-1-14(2-5-16)9-10-28-37(34,35)18-7-8-18/h1-6,12-13,18,21-22,28H,7-11H2,(H,31,33)(H2,27,29,30,32)/t21-,22+/m0/s1. The molecule has 0 spiro atoms. The summed E-state index contributed by atoms with van der Waals surface area (Å²) in [7, 11) is -3.17. The number of anilines is 4. The molecule has 1 amide bonds. The molecule has 1 aliphatic heterocycles. The van der Waals surface area contributed by atoms with E-state index >= 15 is 0 Å². The number of nitrogens with zero attached hydrogens (tertiary/aromatic N) is 2. The van der Waals surface area contributed by atoms with E-state index in [1.807, 2.05) is 42.5 Å². The van der Waals surface area contributed by atoms with Crippen LogP contribution in [-0.4, -0.2) is 42.4 Å². The second-order valence-corrected chi connectivity index (χ2v) is 11.9. The Labute approximate surface area is 219 Å². The van der Waals surface area contributed by atoms with Crippen molar-refractivity contribution >= 4 is 50.9 Å². The van der Waals surface area contributed by atoms with Crippen molar-refractivity contribution in [2.75, 3.05) is 17.2 Å². The van der Waals surface area contributed by atoms with E-state index in [0.29, 0.717) is 36.2 Å². The lowest BCUT2D eigenvalue weighted by Gasteiger charge is -2.12. The van der Waals surface area contributed by atoms with Crippen LogP contribution in [0.15, 0.2) is 48.7 Å². The lowest BCUT2D eigenvalue weighted by Crippen LogP contribution is -2.29. The molecule has 1 saturated heterocycles. The summed E-state index contributed by atoms with van der Waals surface area (Å²) in [5.41, 5.74) is 4.75. The van der Waals surface area contributed by atoms with Crippen LogP contribution < -0.4 is 20.7 Å². The van der Waals surface area contributed by atoms with Crippen LogP contribution in [-0.2, 0) is 27.6 Å². The van der Waals surface area contributed by atoms with Gasteiger partial charge >= 0.3 is 6.09 Å². The van der Waals surface area contributed by atoms with Crippen molar-refractivity contribution in [1.29, 1.82) is 0 Å². The summed E-state index contributed by atoms with van der Waals surface area (Å²) in [5.74, 6) is 0.814. The molecule has 6 rings (SSSR count). The van der Waals surface area contributed by atoms with Crippen molar-refractivity contribution in [2.24, 2.45) is 0 Å². The van der Waals surface area contributed by atoms with Crippen molar-refractivity contribution in [3.05, 3.63) is 70.4 Å². The zero-order valence-electron chi connectivity index (χ0n) is 19.7. The maximum Gasteiger partial charge on any atom is 0.408 e. The van der Waals surface area contributed by atoms with Crippen LogP contribution in [0.5, 0.6) is 0 Å². The first-order chi connectivity index (χ1) is 17.8. The fourth-order valence-corrected chi connectivity index (χ4v) is 6.15. The number of hydrogen-bond acceptors (Lipinski definition) is 8. The molecule has 2 heterocycles. The van der Waals surface area contributed by atoms with Crippen LogP contribution in [0, 0.1) is 0 Å². The number of hydrogen-bond donors (Lipinski definition) is 4. The van der Waals surface area contributed by atoms with Crippen LogP contribution in [0.1, 0.15) is 35.6 Å². The third kappa shape index (κ3) is 5.20. The average Bonchev–Trinajstić information content (AvgIpc) is 3.60. The Bertz CT molecular complexity index is 1460. The number of rotatable bonds is 9. The van der Waals surface area contributed by atoms with Crippen LogP contribution in [0.2, 0.25) is 5.02 Å². The normalized spacial score (nSPS) is 20.1. The maximum absolute atomic E-state index is 11.9. The zero-order valence-corrected chi connectivity index (χ0v) is 21.3. The van der Waals surface area contributed by atoms with E-state index in [1.165, 1.54) is 6.20 Å². The molecule has 12 heteroatoms. The molecule has 2 aliphatic carbocycles. The quantitative estimate of drug-likeness (QED) is 0.320. The number of halogens is 1. The highest BCUT2D eigenvalue weighted by Gasteiger charge is 2.41. The molecule has 37 heavy (non-hydrogen) atoms. The summed E-state index contributed by atoms with van der Waals surface area (Å²) in [6.07, 6.45) is 3.77. The van der Waals surface area contributed by atoms with Crippen molar-refractivity contribution in [3.63, 3.8) is 0 Å². The topological polar surface area (TPSA) is 134 Å². The largest absolute Gasteiger partial charge is 0.443 e. The molecule has 3 aromatic rings. The van der Waals surface area contributed by atoms with Crippen molar-refractivity contribution in [2.45, 2.75) is 43.1 Å². The number of sulfonamides is 1. The number of benzene rings is 2. The molecule has 10 nitrogen and oxygen atoms in total. The predicted molar refractivity (Wildman–Crippen MR) is 140 cm³/mol. The minimum absolute atomic E-state index is 0.144. The van der Waals surface area contributed by atoms with Crippen molar-refractivity contribution in [1.82, 2.24) is 20.0 Å². The number of carbonyl (C=O) groups excluding carboxylic acids is 1. The Morgan fingerprint density at radius 3 is 2.65 bits per heavy atom. The van der Waals surface area contributed by atoms with Gasteiger partial charge in [-0.2, -0.15) is 4.98 Å². The Morgan fingerprint density at radius 1 is 1.08 bits per heavy atom. The van der Waals surface area contributed by atoms with Crippen LogP contribution in [0.25, 0.3) is 0 Å². The summed E-state index contributed by atoms with van der Waals surface area (Å²) in [4.78, 5) is 20.4. The molecule has 3 aliphatic rings. The highest BCUT2D eigenvalue weighted by molar-refractivity contribution is 7.90. The van der Waals surface area contributed by atoms with Crippen LogP contribution in [0.4, 0.5) is 27.9 Å². The molecule has 2 fully saturated rings. The second-order valence-electron chi connectivity index (χ2n) is 9.41. The summed E-state index contributed by atoms with van der Waals surface area (Å²) in [6.45, 7) is 0.377. The predicted octanol–water partition coefficient (Wildman–Crippen LogP) is 3.95. The van der Waals surface area contributed by atoms with E-state index in [-0.39, 0.29) is 23.5 Å². The number of aromatic nitrogens is 2. The van der Waals surface area contributed by atoms with Crippen molar-refractivity contribution < 1.29 is 17.9 Å². The fourth-order valence-electron chi connectivity index (χ4n) is 4.63. The number of ether oxygens (including phenoxy) is 1. The molecule has 2 atom stereocenters. The van der Waals surface area contributed by atoms with Crippen LogP contribution >= 0.6 is 11.6 Å². The van der Waals surface area contributed by atoms with Gasteiger partial charge in [-0.15, -0.1) is 0 Å². The Balaban J connectivity index is 1.09. The van der Waals surface area contributed by atoms with Gasteiger partial charge in [0.05, 0.1) is 17.5 Å². The van der Waals surface area contributed by atoms with Crippen molar-refractivity contribution in [3.8, 4) is 0 Å². The molecule has 0 bridgehead atoms. The second kappa shape index (κ2) is 9.47. The number of amides is 1. The van der Waals surface area contributed by atoms with Gasteiger partial charge in [-0.25, -0.2) is 22.9 Å². The van der Waals surface area contributed by atoms with Gasteiger partial charge in [-0.05, 0) is 60.2 Å². The van der Waals surface area contributed by atoms with Gasteiger partial charge in [0.1, 0.15) is 11.1 Å². The van der Waals surface area contributed by atoms with Gasteiger partial charge in [-0.3, -0.25) is 0 Å². The number of nitrogens with one attached hydrogen (secondary N) is 4. The monoisotopic (exact) mass is 540 g/mol. The van der Waals surface area contributed by atoms with Crippen LogP contribution in [0.3, 0.4) is 0 Å². The third-order valence-corrected chi connectivity index (χ3v) is 8.93. The first-order valence-corrected chi connectivity index (χ1v) is 14.0. The first-order valence-electron chi connectivity index (χ1n) is 12.1. The molecular weight excluding hydrogens is 516 g/mol. The SMILES string of the molecule is O=C1N[C@@H]2c3cc(Nc4ncc(Cl)c(Nc5ccc(CCNS(=O)(=O)C6CC6)cc5)n4)ccc3C[C@@H]2O1. The van der Waals surface area contributed by atoms with Gasteiger partial charge in [-0.1, -0.05) is 29.8 Å². The minimum atomic E-state index is -3.17. The molecule has 0 unspecified atom stereocenters. The molecule has 1 saturated carbocycles. The third-order valence-electron chi connectivity index (χ3n) is 6.70. The lowest BCUT2D eigenvalue weighted by molar-refractivity contribution is 0.136. The highest BCUT2D eigenvalue weighted by atomic mass is 35.5. The van der Waals surface area contributed by atoms with E-state index in [4.69, 9.17) is 16.3 Å². The number of fused-ring (bicyclic) bond motifs is 3. The maximum atomic E-state index is 11.9. The van der Waals surface area contributed by atoms with Gasteiger partial charge in [0.2, 0.25) is 16.0 Å². The zero-order chi connectivity index (χ0) is 25.6. The minimum Gasteiger partial charge on any atom is -0.443 e. The number of carbonyl (C=O) groups is 1. The lowest BCUT2D eigenvalue weighted by atomic mass is 10.1. The highest BCUT2D eigenvalue weighted by Crippen LogP contribution is 2.38. The Hall–Kier alpha value is -3.41. The van der Waals surface area contributed by atoms with Gasteiger partial charge in [0, 0.05) is 24.3 Å². The average molecular weight is 541 g/mol. The molecule has 2 aromatic carbocycles. The van der Waals surface area contributed by atoms with E-state index in [1.54, 1.807) is 0 Å². The van der Waals surface area contributed by atoms with E-state index in [0.717, 1.165) is 40.9 Å². The Morgan fingerprint density at radius 2 is 1.86 bits per heavy atom. The molecule has 192 valence electrons. The summed E-state index contributed by atoms with van der Waals surface area (Å²) in [6, 6.07) is 13.4. The Kier molecular flexibility index (Phi) is 6.13. The smallest absolute Gasteiger partial charge is 0.408 e. The van der Waals surface area contributed by atoms with Gasteiger partial charge in [0.15, 0.2) is 5.82 Å². The summed E-state index contributed by atoms with van der Waals surface area (Å²) < 4.78 is 31.9. The summed E-state index contributed by atoms with van der Waals surface area (Å²) in [5, 5.41) is 9.42. The summed E-state index contributed by atoms with van der Waals surface area (Å²) >= 11 is 6.34. The van der Waals surface area contributed by atoms with E-state index < -0.39 is 10.0 Å². The van der Waals surface area contributed by atoms with E-state index in [9.17, 15) is 13.2 Å².